The first-order valence-electron chi connectivity index (χ1n) is 2.88. The molecule has 0 aliphatic rings. The molecule has 0 aliphatic carbocycles. The molecule has 0 saturated carbocycles. The molecule has 0 aromatic carbocycles. The predicted octanol–water partition coefficient (Wildman–Crippen LogP) is 0.0434. The first-order chi connectivity index (χ1) is 4.00. The van der Waals surface area contributed by atoms with Gasteiger partial charge in [0.25, 0.3) is 5.97 Å². The molecular weight excluding hydrogens is 136 g/mol. The molecule has 0 aromatic heterocycles. The Morgan fingerprint density at radius 3 is 1.70 bits per heavy atom. The highest BCUT2D eigenvalue weighted by atomic mass is 16.4. The van der Waals surface area contributed by atoms with Gasteiger partial charge in [-0.2, -0.15) is 0 Å². The van der Waals surface area contributed by atoms with Gasteiger partial charge in [-0.15, -0.1) is 0 Å². The summed E-state index contributed by atoms with van der Waals surface area (Å²) in [6, 6.07) is 0. The molecule has 0 rings (SSSR count). The van der Waals surface area contributed by atoms with Crippen LogP contribution in [0.4, 0.5) is 0 Å². The van der Waals surface area contributed by atoms with Gasteiger partial charge in [0.05, 0.1) is 6.10 Å². The highest BCUT2D eigenvalue weighted by molar-refractivity contribution is 5.62. The minimum Gasteiger partial charge on any atom is -0.481 e. The maximum absolute atomic E-state index is 9.00. The summed E-state index contributed by atoms with van der Waals surface area (Å²) in [6.45, 7) is 4.81. The molecule has 4 heteroatoms. The van der Waals surface area contributed by atoms with E-state index < -0.39 is 5.97 Å². The molecule has 1 atom stereocenters. The molecule has 0 bridgehead atoms. The Kier molecular flexibility index (Phi) is 18.2. The van der Waals surface area contributed by atoms with Crippen molar-refractivity contribution >= 4 is 5.97 Å². The van der Waals surface area contributed by atoms with E-state index in [0.717, 1.165) is 13.3 Å². The highest BCUT2D eigenvalue weighted by Crippen LogP contribution is 1.81. The first kappa shape index (κ1) is 16.2. The van der Waals surface area contributed by atoms with Gasteiger partial charge >= 0.3 is 0 Å². The third-order valence-electron chi connectivity index (χ3n) is 0.591. The third-order valence-corrected chi connectivity index (χ3v) is 0.591. The van der Waals surface area contributed by atoms with Gasteiger partial charge in [-0.05, 0) is 13.3 Å². The van der Waals surface area contributed by atoms with E-state index in [-0.39, 0.29) is 11.6 Å². The Hall–Kier alpha value is -0.610. The topological polar surface area (TPSA) is 89.0 Å². The Morgan fingerprint density at radius 1 is 1.60 bits per heavy atom. The molecule has 4 nitrogen and oxygen atoms in total. The van der Waals surface area contributed by atoms with Gasteiger partial charge in [0.1, 0.15) is 0 Å². The molecule has 0 fully saturated rings. The maximum atomic E-state index is 9.00. The second kappa shape index (κ2) is 11.2. The van der Waals surface area contributed by atoms with Crippen molar-refractivity contribution in [3.05, 3.63) is 0 Å². The summed E-state index contributed by atoms with van der Waals surface area (Å²) in [5, 5.41) is 15.8. The van der Waals surface area contributed by atoms with E-state index >= 15 is 0 Å². The van der Waals surface area contributed by atoms with Crippen LogP contribution in [0.15, 0.2) is 0 Å². The molecule has 0 saturated heterocycles. The SMILES string of the molecule is CC(=O)O.CCC(C)O.O. The smallest absolute Gasteiger partial charge is 0.300 e. The van der Waals surface area contributed by atoms with E-state index in [9.17, 15) is 0 Å². The van der Waals surface area contributed by atoms with Crippen molar-refractivity contribution in [3.63, 3.8) is 0 Å². The summed E-state index contributed by atoms with van der Waals surface area (Å²) < 4.78 is 0. The Balaban J connectivity index is -0.0000000910. The number of rotatable bonds is 1. The fourth-order valence-corrected chi connectivity index (χ4v) is 0. The number of carbonyl (C=O) groups is 1. The van der Waals surface area contributed by atoms with Crippen molar-refractivity contribution in [2.75, 3.05) is 0 Å². The number of carboxylic acid groups (broad SMARTS) is 1. The van der Waals surface area contributed by atoms with Gasteiger partial charge in [0.15, 0.2) is 0 Å². The monoisotopic (exact) mass is 152 g/mol. The maximum Gasteiger partial charge on any atom is 0.300 e. The van der Waals surface area contributed by atoms with E-state index in [2.05, 4.69) is 0 Å². The lowest BCUT2D eigenvalue weighted by atomic mass is 10.3. The lowest BCUT2D eigenvalue weighted by Crippen LogP contribution is -1.93. The summed E-state index contributed by atoms with van der Waals surface area (Å²) >= 11 is 0. The largest absolute Gasteiger partial charge is 0.481 e. The number of carboxylic acids is 1. The number of hydrogen-bond acceptors (Lipinski definition) is 2. The van der Waals surface area contributed by atoms with Gasteiger partial charge in [-0.3, -0.25) is 4.79 Å². The Morgan fingerprint density at radius 2 is 1.70 bits per heavy atom. The average Bonchev–Trinajstić information content (AvgIpc) is 1.65. The van der Waals surface area contributed by atoms with Crippen LogP contribution in [0.25, 0.3) is 0 Å². The molecule has 0 aliphatic heterocycles. The van der Waals surface area contributed by atoms with Crippen LogP contribution in [0.1, 0.15) is 27.2 Å². The lowest BCUT2D eigenvalue weighted by Gasteiger charge is -1.90. The second-order valence-electron chi connectivity index (χ2n) is 1.78. The van der Waals surface area contributed by atoms with Gasteiger partial charge in [-0.25, -0.2) is 0 Å². The normalized spacial score (nSPS) is 10.0. The predicted molar refractivity (Wildman–Crippen MR) is 38.9 cm³/mol. The average molecular weight is 152 g/mol. The van der Waals surface area contributed by atoms with E-state index in [1.807, 2.05) is 6.92 Å². The van der Waals surface area contributed by atoms with Crippen LogP contribution < -0.4 is 0 Å². The van der Waals surface area contributed by atoms with Crippen molar-refractivity contribution in [3.8, 4) is 0 Å². The standard InChI is InChI=1S/C4H10O.C2H4O2.H2O/c1-3-4(2)5;1-2(3)4;/h4-5H,3H2,1-2H3;1H3,(H,3,4);1H2. The number of aliphatic hydroxyl groups is 1. The zero-order chi connectivity index (χ0) is 7.86. The molecular formula is C6H16O4. The van der Waals surface area contributed by atoms with Crippen molar-refractivity contribution in [2.45, 2.75) is 33.3 Å². The number of hydrogen-bond donors (Lipinski definition) is 2. The highest BCUT2D eigenvalue weighted by Gasteiger charge is 1.81. The van der Waals surface area contributed by atoms with Crippen LogP contribution in [0, 0.1) is 0 Å². The lowest BCUT2D eigenvalue weighted by molar-refractivity contribution is -0.134. The summed E-state index contributed by atoms with van der Waals surface area (Å²) in [5.74, 6) is -0.833. The molecule has 0 aromatic rings. The van der Waals surface area contributed by atoms with Gasteiger partial charge in [-0.1, -0.05) is 6.92 Å². The van der Waals surface area contributed by atoms with Gasteiger partial charge in [0.2, 0.25) is 0 Å². The third kappa shape index (κ3) is 156. The number of aliphatic carboxylic acids is 1. The Bertz CT molecular complexity index is 66.1. The summed E-state index contributed by atoms with van der Waals surface area (Å²) in [7, 11) is 0. The molecule has 0 radical (unpaired) electrons. The van der Waals surface area contributed by atoms with Gasteiger partial charge in [0, 0.05) is 6.92 Å². The van der Waals surface area contributed by atoms with Crippen LogP contribution in [0.2, 0.25) is 0 Å². The van der Waals surface area contributed by atoms with Crippen LogP contribution >= 0.6 is 0 Å². The summed E-state index contributed by atoms with van der Waals surface area (Å²) in [6.07, 6.45) is 0.745. The second-order valence-corrected chi connectivity index (χ2v) is 1.78. The minimum atomic E-state index is -0.833. The molecule has 0 heterocycles. The molecule has 0 amide bonds. The molecule has 0 spiro atoms. The molecule has 4 N–H and O–H groups in total. The zero-order valence-corrected chi connectivity index (χ0v) is 6.59. The zero-order valence-electron chi connectivity index (χ0n) is 6.59. The van der Waals surface area contributed by atoms with Crippen molar-refractivity contribution in [1.29, 1.82) is 0 Å². The summed E-state index contributed by atoms with van der Waals surface area (Å²) in [5.41, 5.74) is 0. The van der Waals surface area contributed by atoms with Crippen LogP contribution in [0.5, 0.6) is 0 Å². The van der Waals surface area contributed by atoms with Crippen LogP contribution in [-0.4, -0.2) is 27.8 Å². The fraction of sp³-hybridized carbons (Fsp3) is 0.833. The van der Waals surface area contributed by atoms with Crippen molar-refractivity contribution in [2.24, 2.45) is 0 Å². The summed E-state index contributed by atoms with van der Waals surface area (Å²) in [4.78, 5) is 9.00. The molecule has 1 unspecified atom stereocenters. The van der Waals surface area contributed by atoms with E-state index in [1.54, 1.807) is 6.92 Å². The van der Waals surface area contributed by atoms with Crippen LogP contribution in [-0.2, 0) is 4.79 Å². The minimum absolute atomic E-state index is 0. The van der Waals surface area contributed by atoms with Crippen molar-refractivity contribution < 1.29 is 20.5 Å². The number of aliphatic hydroxyl groups excluding tert-OH is 1. The van der Waals surface area contributed by atoms with E-state index in [4.69, 9.17) is 15.0 Å². The van der Waals surface area contributed by atoms with Crippen LogP contribution in [0.3, 0.4) is 0 Å². The Labute approximate surface area is 60.8 Å². The quantitative estimate of drug-likeness (QED) is 0.556. The first-order valence-corrected chi connectivity index (χ1v) is 2.88. The van der Waals surface area contributed by atoms with E-state index in [0.29, 0.717) is 0 Å². The van der Waals surface area contributed by atoms with Gasteiger partial charge < -0.3 is 15.7 Å². The molecule has 10 heavy (non-hydrogen) atoms. The van der Waals surface area contributed by atoms with E-state index in [1.165, 1.54) is 0 Å². The fourth-order valence-electron chi connectivity index (χ4n) is 0. The van der Waals surface area contributed by atoms with Crippen molar-refractivity contribution in [1.82, 2.24) is 0 Å². The molecule has 64 valence electrons.